The van der Waals surface area contributed by atoms with E-state index in [2.05, 4.69) is 30.9 Å². The molecule has 2 N–H and O–H groups in total. The van der Waals surface area contributed by atoms with Gasteiger partial charge in [0.05, 0.1) is 29.1 Å². The van der Waals surface area contributed by atoms with Crippen molar-refractivity contribution in [1.29, 1.82) is 0 Å². The number of nitrogens with one attached hydrogen (secondary N) is 1. The Kier molecular flexibility index (Phi) is 7.45. The number of rotatable bonds is 5. The smallest absolute Gasteiger partial charge is 0.261 e. The molecule has 3 aromatic heterocycles. The Morgan fingerprint density at radius 3 is 2.59 bits per heavy atom. The number of aliphatic hydroxyl groups excluding tert-OH is 1. The summed E-state index contributed by atoms with van der Waals surface area (Å²) in [7, 11) is 0. The number of H-pyrrole nitrogens is 1. The molecule has 202 valence electrons. The first-order valence-electron chi connectivity index (χ1n) is 12.6. The Bertz CT molecular complexity index is 1610. The van der Waals surface area contributed by atoms with Crippen molar-refractivity contribution in [2.75, 3.05) is 0 Å². The van der Waals surface area contributed by atoms with E-state index in [4.69, 9.17) is 16.6 Å². The van der Waals surface area contributed by atoms with Crippen LogP contribution in [0.15, 0.2) is 52.0 Å². The summed E-state index contributed by atoms with van der Waals surface area (Å²) >= 11 is 9.58. The zero-order valence-corrected chi connectivity index (χ0v) is 24.3. The highest BCUT2D eigenvalue weighted by atomic mass is 79.9. The van der Waals surface area contributed by atoms with Gasteiger partial charge in [0.15, 0.2) is 5.82 Å². The van der Waals surface area contributed by atoms with Crippen LogP contribution in [0, 0.1) is 12.8 Å². The zero-order chi connectivity index (χ0) is 28.0. The Balaban J connectivity index is 1.56. The van der Waals surface area contributed by atoms with E-state index < -0.39 is 6.10 Å². The van der Waals surface area contributed by atoms with Crippen LogP contribution in [-0.2, 0) is 13.0 Å². The van der Waals surface area contributed by atoms with E-state index in [1.807, 2.05) is 27.7 Å². The third-order valence-corrected chi connectivity index (χ3v) is 8.15. The number of carbonyl (C=O) groups excluding carboxylic acids is 1. The lowest BCUT2D eigenvalue weighted by molar-refractivity contribution is 0.0650. The molecule has 0 saturated carbocycles. The van der Waals surface area contributed by atoms with Crippen LogP contribution in [0.1, 0.15) is 60.0 Å². The second kappa shape index (κ2) is 10.7. The summed E-state index contributed by atoms with van der Waals surface area (Å²) in [5, 5.41) is 11.5. The topological polar surface area (TPSA) is 117 Å². The molecule has 0 spiro atoms. The molecule has 2 atom stereocenters. The lowest BCUT2D eigenvalue weighted by Crippen LogP contribution is -2.46. The van der Waals surface area contributed by atoms with Crippen LogP contribution in [0.5, 0.6) is 0 Å². The van der Waals surface area contributed by atoms with E-state index in [0.717, 1.165) is 5.69 Å². The molecule has 0 fully saturated rings. The first-order chi connectivity index (χ1) is 18.5. The average Bonchev–Trinajstić information content (AvgIpc) is 3.35. The normalized spacial score (nSPS) is 15.9. The number of imidazole rings is 1. The third kappa shape index (κ3) is 5.16. The highest BCUT2D eigenvalue weighted by Gasteiger charge is 2.33. The van der Waals surface area contributed by atoms with Gasteiger partial charge in [-0.1, -0.05) is 25.4 Å². The van der Waals surface area contributed by atoms with E-state index in [1.165, 1.54) is 4.57 Å². The standard InChI is InChI=1S/C28H28BrClN6O3/c1-14(2)24(37)26-34-23-13-35(27(38)17-5-7-20(29)21(30)10-17)16(4)9-19(23)28(39)36(26)18-6-8-22(31-12-18)25-32-11-15(3)33-25/h5-8,10-12,14,16,24,37H,9,13H2,1-4H3,(H,32,33). The summed E-state index contributed by atoms with van der Waals surface area (Å²) < 4.78 is 2.14. The number of pyridine rings is 1. The molecular weight excluding hydrogens is 584 g/mol. The molecule has 11 heteroatoms. The summed E-state index contributed by atoms with van der Waals surface area (Å²) in [4.78, 5) is 45.8. The summed E-state index contributed by atoms with van der Waals surface area (Å²) in [6.45, 7) is 7.68. The van der Waals surface area contributed by atoms with Crippen LogP contribution in [0.2, 0.25) is 5.02 Å². The maximum absolute atomic E-state index is 13.9. The fourth-order valence-electron chi connectivity index (χ4n) is 4.69. The van der Waals surface area contributed by atoms with E-state index in [-0.39, 0.29) is 35.8 Å². The van der Waals surface area contributed by atoms with Crippen LogP contribution in [-0.4, -0.2) is 46.5 Å². The minimum absolute atomic E-state index is 0.145. The van der Waals surface area contributed by atoms with Crippen LogP contribution < -0.4 is 5.56 Å². The Morgan fingerprint density at radius 1 is 1.21 bits per heavy atom. The number of fused-ring (bicyclic) bond motifs is 1. The first kappa shape index (κ1) is 27.2. The Labute approximate surface area is 239 Å². The molecule has 0 radical (unpaired) electrons. The van der Waals surface area contributed by atoms with Gasteiger partial charge in [-0.05, 0) is 72.4 Å². The van der Waals surface area contributed by atoms with E-state index >= 15 is 0 Å². The van der Waals surface area contributed by atoms with Gasteiger partial charge in [-0.25, -0.2) is 9.97 Å². The number of carbonyl (C=O) groups is 1. The molecule has 1 aromatic carbocycles. The second-order valence-electron chi connectivity index (χ2n) is 10.2. The summed E-state index contributed by atoms with van der Waals surface area (Å²) in [6, 6.07) is 8.36. The molecule has 2 unspecified atom stereocenters. The fourth-order valence-corrected chi connectivity index (χ4v) is 5.12. The van der Waals surface area contributed by atoms with Crippen molar-refractivity contribution in [3.63, 3.8) is 0 Å². The number of halogens is 2. The molecule has 0 saturated heterocycles. The zero-order valence-electron chi connectivity index (χ0n) is 21.9. The van der Waals surface area contributed by atoms with Crippen molar-refractivity contribution in [3.05, 3.63) is 90.9 Å². The van der Waals surface area contributed by atoms with Gasteiger partial charge < -0.3 is 15.0 Å². The molecule has 0 bridgehead atoms. The van der Waals surface area contributed by atoms with Gasteiger partial charge in [-0.15, -0.1) is 0 Å². The SMILES string of the molecule is Cc1cnc(-c2ccc(-n3c(C(O)C(C)C)nc4c(c3=O)CC(C)N(C(=O)c3ccc(Br)c(Cl)c3)C4)cn2)[nH]1. The van der Waals surface area contributed by atoms with Crippen molar-refractivity contribution in [2.24, 2.45) is 5.92 Å². The maximum atomic E-state index is 13.9. The molecule has 0 aliphatic carbocycles. The molecule has 4 heterocycles. The van der Waals surface area contributed by atoms with E-state index in [1.54, 1.807) is 47.6 Å². The van der Waals surface area contributed by atoms with Crippen LogP contribution >= 0.6 is 27.5 Å². The first-order valence-corrected chi connectivity index (χ1v) is 13.8. The summed E-state index contributed by atoms with van der Waals surface area (Å²) in [5.41, 5.74) is 3.22. The monoisotopic (exact) mass is 610 g/mol. The van der Waals surface area contributed by atoms with Crippen molar-refractivity contribution >= 4 is 33.4 Å². The number of hydrogen-bond donors (Lipinski definition) is 2. The van der Waals surface area contributed by atoms with Crippen LogP contribution in [0.25, 0.3) is 17.2 Å². The molecule has 5 rings (SSSR count). The number of benzene rings is 1. The second-order valence-corrected chi connectivity index (χ2v) is 11.4. The predicted molar refractivity (Wildman–Crippen MR) is 152 cm³/mol. The predicted octanol–water partition coefficient (Wildman–Crippen LogP) is 5.02. The molecular formula is C28H28BrClN6O3. The van der Waals surface area contributed by atoms with Crippen molar-refractivity contribution in [2.45, 2.75) is 52.8 Å². The lowest BCUT2D eigenvalue weighted by Gasteiger charge is -2.35. The summed E-state index contributed by atoms with van der Waals surface area (Å²) in [6.07, 6.45) is 2.62. The number of aromatic nitrogens is 5. The van der Waals surface area contributed by atoms with Gasteiger partial charge in [0.25, 0.3) is 11.5 Å². The van der Waals surface area contributed by atoms with Gasteiger partial charge in [-0.3, -0.25) is 19.1 Å². The molecule has 39 heavy (non-hydrogen) atoms. The number of aromatic amines is 1. The highest BCUT2D eigenvalue weighted by molar-refractivity contribution is 9.10. The largest absolute Gasteiger partial charge is 0.385 e. The van der Waals surface area contributed by atoms with Gasteiger partial charge in [0, 0.05) is 33.5 Å². The Morgan fingerprint density at radius 2 is 1.97 bits per heavy atom. The lowest BCUT2D eigenvalue weighted by atomic mass is 9.97. The number of hydrogen-bond acceptors (Lipinski definition) is 6. The van der Waals surface area contributed by atoms with Crippen molar-refractivity contribution in [1.82, 2.24) is 29.4 Å². The molecule has 1 aliphatic heterocycles. The number of aryl methyl sites for hydroxylation is 1. The molecule has 1 aliphatic rings. The van der Waals surface area contributed by atoms with Crippen LogP contribution in [0.4, 0.5) is 0 Å². The maximum Gasteiger partial charge on any atom is 0.261 e. The Hall–Kier alpha value is -3.34. The minimum atomic E-state index is -1.01. The van der Waals surface area contributed by atoms with E-state index in [0.29, 0.717) is 49.9 Å². The molecule has 9 nitrogen and oxygen atoms in total. The highest BCUT2D eigenvalue weighted by Crippen LogP contribution is 2.29. The van der Waals surface area contributed by atoms with Gasteiger partial charge in [0.1, 0.15) is 17.6 Å². The van der Waals surface area contributed by atoms with Gasteiger partial charge in [-0.2, -0.15) is 0 Å². The quantitative estimate of drug-likeness (QED) is 0.327. The van der Waals surface area contributed by atoms with E-state index in [9.17, 15) is 14.7 Å². The molecule has 4 aromatic rings. The fraction of sp³-hybridized carbons (Fsp3) is 0.321. The average molecular weight is 612 g/mol. The number of aliphatic hydroxyl groups is 1. The number of amides is 1. The minimum Gasteiger partial charge on any atom is -0.385 e. The van der Waals surface area contributed by atoms with Crippen LogP contribution in [0.3, 0.4) is 0 Å². The third-order valence-electron chi connectivity index (χ3n) is 6.91. The number of nitrogens with zero attached hydrogens (tertiary/aromatic N) is 5. The van der Waals surface area contributed by atoms with Gasteiger partial charge >= 0.3 is 0 Å². The molecule has 1 amide bonds. The van der Waals surface area contributed by atoms with Crippen molar-refractivity contribution < 1.29 is 9.90 Å². The van der Waals surface area contributed by atoms with Gasteiger partial charge in [0.2, 0.25) is 0 Å². The summed E-state index contributed by atoms with van der Waals surface area (Å²) in [5.74, 6) is 0.436. The van der Waals surface area contributed by atoms with Crippen molar-refractivity contribution in [3.8, 4) is 17.2 Å².